The Labute approximate surface area is 84.7 Å². The lowest BCUT2D eigenvalue weighted by Gasteiger charge is -2.08. The molecule has 0 aliphatic carbocycles. The zero-order chi connectivity index (χ0) is 9.26. The second-order valence-corrected chi connectivity index (χ2v) is 4.21. The summed E-state index contributed by atoms with van der Waals surface area (Å²) in [5.41, 5.74) is 2.01. The van der Waals surface area contributed by atoms with Crippen LogP contribution in [0.4, 0.5) is 5.69 Å². The average Bonchev–Trinajstić information content (AvgIpc) is 2.48. The Hall–Kier alpha value is -0.370. The number of hydrogen-bond acceptors (Lipinski definition) is 4. The predicted molar refractivity (Wildman–Crippen MR) is 38.6 cm³/mol. The van der Waals surface area contributed by atoms with Crippen LogP contribution in [0.2, 0.25) is 0 Å². The van der Waals surface area contributed by atoms with Gasteiger partial charge in [-0.3, -0.25) is 0 Å². The second-order valence-electron chi connectivity index (χ2n) is 2.74. The van der Waals surface area contributed by atoms with Crippen LogP contribution in [0, 0.1) is 0 Å². The molecule has 0 amide bonds. The van der Waals surface area contributed by atoms with E-state index in [9.17, 15) is 6.87 Å². The Morgan fingerprint density at radius 2 is 2.08 bits per heavy atom. The summed E-state index contributed by atoms with van der Waals surface area (Å²) >= 11 is -3.61. The van der Waals surface area contributed by atoms with Crippen LogP contribution in [-0.4, -0.2) is 6.54 Å². The van der Waals surface area contributed by atoms with Crippen molar-refractivity contribution in [3.8, 4) is 0 Å². The quantitative estimate of drug-likeness (QED) is 0.523. The Morgan fingerprint density at radius 3 is 2.85 bits per heavy atom. The van der Waals surface area contributed by atoms with Crippen LogP contribution >= 0.6 is 0 Å². The maximum atomic E-state index is 10.4. The molecule has 0 unspecified atom stereocenters. The standard InChI is InChI=1S/C8H8INO3/c11-9(12)13-10-6-5-7-3-1-2-4-8(7)10/h1-4H,5-6H2. The molecule has 0 bridgehead atoms. The van der Waals surface area contributed by atoms with Crippen LogP contribution in [0.25, 0.3) is 0 Å². The van der Waals surface area contributed by atoms with E-state index in [1.807, 2.05) is 24.3 Å². The number of hydroxylamine groups is 1. The molecule has 1 aromatic rings. The maximum absolute atomic E-state index is 10.4. The van der Waals surface area contributed by atoms with Crippen molar-refractivity contribution in [2.24, 2.45) is 0 Å². The number of halogens is 1. The zero-order valence-corrected chi connectivity index (χ0v) is 8.93. The van der Waals surface area contributed by atoms with Gasteiger partial charge in [-0.2, -0.15) is 5.06 Å². The van der Waals surface area contributed by atoms with Gasteiger partial charge in [0.25, 0.3) is 0 Å². The number of para-hydroxylation sites is 1. The highest BCUT2D eigenvalue weighted by Crippen LogP contribution is 2.25. The number of rotatable bonds is 2. The Morgan fingerprint density at radius 1 is 1.31 bits per heavy atom. The molecule has 1 heterocycles. The molecule has 5 heteroatoms. The molecule has 0 radical (unpaired) electrons. The van der Waals surface area contributed by atoms with Gasteiger partial charge in [0.2, 0.25) is 0 Å². The summed E-state index contributed by atoms with van der Waals surface area (Å²) in [7, 11) is 0. The molecule has 1 aliphatic heterocycles. The fourth-order valence-electron chi connectivity index (χ4n) is 1.45. The molecule has 0 spiro atoms. The predicted octanol–water partition coefficient (Wildman–Crippen LogP) is -3.93. The molecule has 0 saturated heterocycles. The maximum Gasteiger partial charge on any atom is 0.540 e. The van der Waals surface area contributed by atoms with Gasteiger partial charge < -0.3 is 6.87 Å². The first-order valence-electron chi connectivity index (χ1n) is 3.87. The fraction of sp³-hybridized carbons (Fsp3) is 0.250. The molecule has 1 aromatic carbocycles. The summed E-state index contributed by atoms with van der Waals surface area (Å²) in [6.07, 6.45) is 0.847. The van der Waals surface area contributed by atoms with Gasteiger partial charge in [0.15, 0.2) is 0 Å². The van der Waals surface area contributed by atoms with Crippen molar-refractivity contribution < 1.29 is 31.1 Å². The minimum Gasteiger partial charge on any atom is -0.394 e. The molecule has 0 aromatic heterocycles. The van der Waals surface area contributed by atoms with Crippen LogP contribution in [0.5, 0.6) is 0 Å². The third-order valence-electron chi connectivity index (χ3n) is 1.98. The first-order chi connectivity index (χ1) is 6.27. The summed E-state index contributed by atoms with van der Waals surface area (Å²) < 4.78 is 25.6. The molecule has 0 saturated carbocycles. The lowest BCUT2D eigenvalue weighted by atomic mass is 10.2. The molecule has 4 nitrogen and oxygen atoms in total. The Kier molecular flexibility index (Phi) is 2.68. The molecular weight excluding hydrogens is 285 g/mol. The van der Waals surface area contributed by atoms with Gasteiger partial charge in [0.1, 0.15) is 3.17 Å². The summed E-state index contributed by atoms with van der Waals surface area (Å²) in [6, 6.07) is 7.65. The molecular formula is C8H8INO3. The van der Waals surface area contributed by atoms with Crippen LogP contribution in [0.1, 0.15) is 5.56 Å². The molecule has 13 heavy (non-hydrogen) atoms. The second kappa shape index (κ2) is 3.79. The van der Waals surface area contributed by atoms with E-state index in [0.717, 1.165) is 17.7 Å². The summed E-state index contributed by atoms with van der Waals surface area (Å²) in [6.45, 7) is 0.623. The normalized spacial score (nSPS) is 15.2. The summed E-state index contributed by atoms with van der Waals surface area (Å²) in [5, 5.41) is 1.44. The van der Waals surface area contributed by atoms with Gasteiger partial charge in [0, 0.05) is 0 Å². The van der Waals surface area contributed by atoms with E-state index >= 15 is 0 Å². The van der Waals surface area contributed by atoms with E-state index in [4.69, 9.17) is 3.17 Å². The van der Waals surface area contributed by atoms with Crippen molar-refractivity contribution in [2.75, 3.05) is 11.6 Å². The van der Waals surface area contributed by atoms with Crippen LogP contribution in [0.15, 0.2) is 24.3 Å². The van der Waals surface area contributed by atoms with Crippen LogP contribution in [0.3, 0.4) is 0 Å². The summed E-state index contributed by atoms with van der Waals surface area (Å²) in [5.74, 6) is 0. The average molecular weight is 293 g/mol. The number of nitrogens with zero attached hydrogens (tertiary/aromatic N) is 1. The minimum absolute atomic E-state index is 0.623. The lowest BCUT2D eigenvalue weighted by molar-refractivity contribution is -1.63. The number of anilines is 1. The first-order valence-corrected chi connectivity index (χ1v) is 6.51. The largest absolute Gasteiger partial charge is 0.540 e. The van der Waals surface area contributed by atoms with Gasteiger partial charge in [-0.25, -0.2) is 0 Å². The third kappa shape index (κ3) is 1.93. The van der Waals surface area contributed by atoms with Crippen molar-refractivity contribution in [1.29, 1.82) is 0 Å². The zero-order valence-electron chi connectivity index (χ0n) is 6.77. The molecule has 1 aliphatic rings. The van der Waals surface area contributed by atoms with Gasteiger partial charge in [-0.15, -0.1) is 0 Å². The van der Waals surface area contributed by atoms with E-state index in [0.29, 0.717) is 6.54 Å². The van der Waals surface area contributed by atoms with E-state index in [1.54, 1.807) is 0 Å². The monoisotopic (exact) mass is 293 g/mol. The molecule has 0 atom stereocenters. The van der Waals surface area contributed by atoms with Crippen molar-refractivity contribution in [3.05, 3.63) is 29.8 Å². The van der Waals surface area contributed by atoms with Crippen LogP contribution in [-0.2, 0) is 9.59 Å². The highest BCUT2D eigenvalue weighted by Gasteiger charge is 2.28. The minimum atomic E-state index is -3.61. The van der Waals surface area contributed by atoms with Gasteiger partial charge in [0.05, 0.1) is 12.2 Å². The third-order valence-corrected chi connectivity index (χ3v) is 2.78. The van der Waals surface area contributed by atoms with Crippen LogP contribution < -0.4 is 33.0 Å². The summed E-state index contributed by atoms with van der Waals surface area (Å²) in [4.78, 5) is 0. The molecule has 70 valence electrons. The number of fused-ring (bicyclic) bond motifs is 1. The van der Waals surface area contributed by atoms with Crippen molar-refractivity contribution >= 4 is 5.69 Å². The van der Waals surface area contributed by atoms with Crippen molar-refractivity contribution in [3.63, 3.8) is 0 Å². The van der Waals surface area contributed by atoms with E-state index in [2.05, 4.69) is 0 Å². The van der Waals surface area contributed by atoms with Crippen molar-refractivity contribution in [2.45, 2.75) is 6.42 Å². The highest BCUT2D eigenvalue weighted by atomic mass is 127. The van der Waals surface area contributed by atoms with E-state index in [1.165, 1.54) is 5.06 Å². The number of benzene rings is 1. The molecule has 2 rings (SSSR count). The Bertz CT molecular complexity index is 305. The topological polar surface area (TPSA) is 58.6 Å². The van der Waals surface area contributed by atoms with Gasteiger partial charge >= 0.3 is 21.1 Å². The Balaban J connectivity index is 2.18. The lowest BCUT2D eigenvalue weighted by Crippen LogP contribution is -3.99. The fourth-order valence-corrected chi connectivity index (χ4v) is 2.25. The van der Waals surface area contributed by atoms with E-state index in [-0.39, 0.29) is 0 Å². The smallest absolute Gasteiger partial charge is 0.394 e. The molecule has 0 N–H and O–H groups in total. The SMILES string of the molecule is [O-][I+2]([O-])ON1CCc2ccccc21. The van der Waals surface area contributed by atoms with Gasteiger partial charge in [-0.1, -0.05) is 18.2 Å². The first kappa shape index (κ1) is 9.20. The number of hydrogen-bond donors (Lipinski definition) is 0. The van der Waals surface area contributed by atoms with Gasteiger partial charge in [-0.05, 0) is 18.1 Å². The highest BCUT2D eigenvalue weighted by molar-refractivity contribution is 5.55. The van der Waals surface area contributed by atoms with E-state index < -0.39 is 21.1 Å². The van der Waals surface area contributed by atoms with Crippen molar-refractivity contribution in [1.82, 2.24) is 0 Å². The molecule has 0 fully saturated rings.